The maximum Gasteiger partial charge on any atom is 0.270 e. The lowest BCUT2D eigenvalue weighted by atomic mass is 10.2. The second-order valence-corrected chi connectivity index (χ2v) is 7.32. The van der Waals surface area contributed by atoms with Crippen LogP contribution in [0.4, 0.5) is 28.7 Å². The van der Waals surface area contributed by atoms with Crippen LogP contribution in [0.5, 0.6) is 0 Å². The number of aryl methyl sites for hydroxylation is 1. The molecule has 2 N–H and O–H groups in total. The number of carbonyl (C=O) groups is 1. The van der Waals surface area contributed by atoms with Gasteiger partial charge in [0.2, 0.25) is 0 Å². The molecule has 0 unspecified atom stereocenters. The number of non-ortho nitro benzene ring substituents is 1. The summed E-state index contributed by atoms with van der Waals surface area (Å²) >= 11 is 0. The zero-order valence-corrected chi connectivity index (χ0v) is 17.0. The molecule has 1 aromatic heterocycles. The second-order valence-electron chi connectivity index (χ2n) is 7.32. The van der Waals surface area contributed by atoms with Crippen molar-refractivity contribution in [2.75, 3.05) is 28.6 Å². The highest BCUT2D eigenvalue weighted by Crippen LogP contribution is 2.24. The number of nitro groups is 1. The van der Waals surface area contributed by atoms with Crippen LogP contribution < -0.4 is 15.5 Å². The highest BCUT2D eigenvalue weighted by Gasteiger charge is 2.15. The highest BCUT2D eigenvalue weighted by molar-refractivity contribution is 6.04. The molecule has 158 valence electrons. The van der Waals surface area contributed by atoms with Gasteiger partial charge >= 0.3 is 0 Å². The summed E-state index contributed by atoms with van der Waals surface area (Å²) in [6.45, 7) is 3.89. The van der Waals surface area contributed by atoms with Crippen molar-refractivity contribution >= 4 is 34.6 Å². The summed E-state index contributed by atoms with van der Waals surface area (Å²) in [5.74, 6) is 1.93. The average Bonchev–Trinajstić information content (AvgIpc) is 3.30. The molecule has 1 saturated heterocycles. The molecule has 0 bridgehead atoms. The fourth-order valence-corrected chi connectivity index (χ4v) is 3.47. The predicted octanol–water partition coefficient (Wildman–Crippen LogP) is 4.29. The molecular formula is C22H22N6O3. The first kappa shape index (κ1) is 20.3. The van der Waals surface area contributed by atoms with Gasteiger partial charge in [-0.05, 0) is 50.1 Å². The molecule has 0 aliphatic carbocycles. The zero-order valence-electron chi connectivity index (χ0n) is 17.0. The minimum absolute atomic E-state index is 0.124. The number of nitro benzene ring substituents is 1. The van der Waals surface area contributed by atoms with Crippen molar-refractivity contribution in [3.05, 3.63) is 76.1 Å². The molecule has 0 saturated carbocycles. The second kappa shape index (κ2) is 8.78. The summed E-state index contributed by atoms with van der Waals surface area (Å²) in [6.07, 6.45) is 2.35. The lowest BCUT2D eigenvalue weighted by molar-refractivity contribution is -0.384. The number of rotatable bonds is 6. The van der Waals surface area contributed by atoms with Crippen molar-refractivity contribution < 1.29 is 9.72 Å². The van der Waals surface area contributed by atoms with E-state index in [9.17, 15) is 14.9 Å². The molecule has 1 fully saturated rings. The summed E-state index contributed by atoms with van der Waals surface area (Å²) in [6, 6.07) is 14.7. The van der Waals surface area contributed by atoms with Crippen LogP contribution in [0.15, 0.2) is 54.6 Å². The minimum atomic E-state index is -0.527. The molecular weight excluding hydrogens is 396 g/mol. The van der Waals surface area contributed by atoms with Crippen LogP contribution in [0.25, 0.3) is 0 Å². The van der Waals surface area contributed by atoms with Gasteiger partial charge in [-0.3, -0.25) is 14.9 Å². The van der Waals surface area contributed by atoms with Gasteiger partial charge in [0.15, 0.2) is 0 Å². The van der Waals surface area contributed by atoms with Gasteiger partial charge < -0.3 is 15.5 Å². The Morgan fingerprint density at radius 1 is 1.03 bits per heavy atom. The van der Waals surface area contributed by atoms with E-state index >= 15 is 0 Å². The van der Waals surface area contributed by atoms with E-state index in [1.807, 2.05) is 25.1 Å². The van der Waals surface area contributed by atoms with Gasteiger partial charge in [-0.15, -0.1) is 0 Å². The molecule has 1 aliphatic heterocycles. The van der Waals surface area contributed by atoms with Crippen LogP contribution in [-0.2, 0) is 0 Å². The third-order valence-electron chi connectivity index (χ3n) is 4.99. The molecule has 0 atom stereocenters. The van der Waals surface area contributed by atoms with Crippen LogP contribution in [-0.4, -0.2) is 33.9 Å². The highest BCUT2D eigenvalue weighted by atomic mass is 16.6. The fourth-order valence-electron chi connectivity index (χ4n) is 3.47. The van der Waals surface area contributed by atoms with Crippen LogP contribution >= 0.6 is 0 Å². The van der Waals surface area contributed by atoms with E-state index in [0.29, 0.717) is 17.3 Å². The van der Waals surface area contributed by atoms with Crippen LogP contribution in [0.2, 0.25) is 0 Å². The molecule has 2 aromatic carbocycles. The van der Waals surface area contributed by atoms with Crippen molar-refractivity contribution in [3.63, 3.8) is 0 Å². The van der Waals surface area contributed by atoms with Crippen molar-refractivity contribution in [1.29, 1.82) is 0 Å². The van der Waals surface area contributed by atoms with Gasteiger partial charge in [0.1, 0.15) is 17.5 Å². The standard InChI is InChI=1S/C22H22N6O3/c1-15-23-20(14-21(24-15)27-11-2-3-12-27)25-17-7-9-18(10-8-17)26-22(29)16-5-4-6-19(13-16)28(30)31/h4-10,13-14H,2-3,11-12H2,1H3,(H,26,29)(H,23,24,25). The van der Waals surface area contributed by atoms with Crippen LogP contribution in [0, 0.1) is 17.0 Å². The Hall–Kier alpha value is -4.01. The first-order chi connectivity index (χ1) is 15.0. The maximum atomic E-state index is 12.4. The fraction of sp³-hybridized carbons (Fsp3) is 0.227. The van der Waals surface area contributed by atoms with Crippen molar-refractivity contribution in [3.8, 4) is 0 Å². The number of nitrogens with zero attached hydrogens (tertiary/aromatic N) is 4. The van der Waals surface area contributed by atoms with Gasteiger partial charge in [0.25, 0.3) is 11.6 Å². The minimum Gasteiger partial charge on any atom is -0.356 e. The summed E-state index contributed by atoms with van der Waals surface area (Å²) in [7, 11) is 0. The molecule has 4 rings (SSSR count). The number of nitrogens with one attached hydrogen (secondary N) is 2. The first-order valence-electron chi connectivity index (χ1n) is 10.0. The van der Waals surface area contributed by atoms with E-state index in [1.165, 1.54) is 37.1 Å². The molecule has 3 aromatic rings. The topological polar surface area (TPSA) is 113 Å². The lowest BCUT2D eigenvalue weighted by Gasteiger charge is -2.18. The van der Waals surface area contributed by atoms with E-state index in [2.05, 4.69) is 25.5 Å². The number of amides is 1. The number of carbonyl (C=O) groups excluding carboxylic acids is 1. The molecule has 0 radical (unpaired) electrons. The van der Waals surface area contributed by atoms with Gasteiger partial charge in [-0.25, -0.2) is 9.97 Å². The lowest BCUT2D eigenvalue weighted by Crippen LogP contribution is -2.19. The number of benzene rings is 2. The van der Waals surface area contributed by atoms with Crippen molar-refractivity contribution in [1.82, 2.24) is 9.97 Å². The number of anilines is 4. The monoisotopic (exact) mass is 418 g/mol. The average molecular weight is 418 g/mol. The van der Waals surface area contributed by atoms with Gasteiger partial charge in [0.05, 0.1) is 4.92 Å². The van der Waals surface area contributed by atoms with E-state index in [-0.39, 0.29) is 11.3 Å². The van der Waals surface area contributed by atoms with E-state index in [1.54, 1.807) is 12.1 Å². The van der Waals surface area contributed by atoms with E-state index in [0.717, 1.165) is 24.6 Å². The Morgan fingerprint density at radius 3 is 2.45 bits per heavy atom. The number of hydrogen-bond acceptors (Lipinski definition) is 7. The van der Waals surface area contributed by atoms with Gasteiger partial charge in [-0.2, -0.15) is 0 Å². The first-order valence-corrected chi connectivity index (χ1v) is 10.0. The van der Waals surface area contributed by atoms with Gasteiger partial charge in [-0.1, -0.05) is 6.07 Å². The van der Waals surface area contributed by atoms with E-state index in [4.69, 9.17) is 0 Å². The van der Waals surface area contributed by atoms with E-state index < -0.39 is 10.8 Å². The third kappa shape index (κ3) is 4.95. The summed E-state index contributed by atoms with van der Waals surface area (Å²) in [5, 5.41) is 16.9. The molecule has 1 amide bonds. The molecule has 9 nitrogen and oxygen atoms in total. The SMILES string of the molecule is Cc1nc(Nc2ccc(NC(=O)c3cccc([N+](=O)[O-])c3)cc2)cc(N2CCCC2)n1. The van der Waals surface area contributed by atoms with Crippen molar-refractivity contribution in [2.24, 2.45) is 0 Å². The molecule has 31 heavy (non-hydrogen) atoms. The van der Waals surface area contributed by atoms with Crippen molar-refractivity contribution in [2.45, 2.75) is 19.8 Å². The summed E-state index contributed by atoms with van der Waals surface area (Å²) in [4.78, 5) is 34.0. The predicted molar refractivity (Wildman–Crippen MR) is 119 cm³/mol. The quantitative estimate of drug-likeness (QED) is 0.453. The zero-order chi connectivity index (χ0) is 21.8. The molecule has 2 heterocycles. The Bertz CT molecular complexity index is 1110. The molecule has 0 spiro atoms. The normalized spacial score (nSPS) is 13.1. The number of hydrogen-bond donors (Lipinski definition) is 2. The Morgan fingerprint density at radius 2 is 1.74 bits per heavy atom. The molecule has 9 heteroatoms. The summed E-state index contributed by atoms with van der Waals surface area (Å²) in [5.41, 5.74) is 1.50. The summed E-state index contributed by atoms with van der Waals surface area (Å²) < 4.78 is 0. The largest absolute Gasteiger partial charge is 0.356 e. The maximum absolute atomic E-state index is 12.4. The Kier molecular flexibility index (Phi) is 5.74. The Balaban J connectivity index is 1.43. The molecule has 1 aliphatic rings. The number of aromatic nitrogens is 2. The smallest absolute Gasteiger partial charge is 0.270 e. The van der Waals surface area contributed by atoms with Crippen LogP contribution in [0.1, 0.15) is 29.0 Å². The van der Waals surface area contributed by atoms with Crippen LogP contribution in [0.3, 0.4) is 0 Å². The van der Waals surface area contributed by atoms with Gasteiger partial charge in [0, 0.05) is 48.2 Å². The third-order valence-corrected chi connectivity index (χ3v) is 4.99. The Labute approximate surface area is 179 Å².